The zero-order valence-electron chi connectivity index (χ0n) is 18.9. The number of carbonyl (C=O) groups is 1. The minimum Gasteiger partial charge on any atom is -0.493 e. The van der Waals surface area contributed by atoms with Crippen LogP contribution < -0.4 is 14.8 Å². The molecule has 1 unspecified atom stereocenters. The van der Waals surface area contributed by atoms with E-state index in [0.29, 0.717) is 35.0 Å². The van der Waals surface area contributed by atoms with Crippen LogP contribution in [0.5, 0.6) is 11.5 Å². The highest BCUT2D eigenvalue weighted by molar-refractivity contribution is 6.30. The molecule has 2 bridgehead atoms. The quantitative estimate of drug-likeness (QED) is 0.706. The molecule has 3 fully saturated rings. The zero-order valence-corrected chi connectivity index (χ0v) is 19.6. The van der Waals surface area contributed by atoms with E-state index in [2.05, 4.69) is 19.2 Å². The van der Waals surface area contributed by atoms with Gasteiger partial charge in [0, 0.05) is 35.2 Å². The Balaban J connectivity index is 1.75. The molecule has 5 nitrogen and oxygen atoms in total. The number of carbonyl (C=O) groups excluding carboxylic acids is 1. The van der Waals surface area contributed by atoms with Crippen LogP contribution in [0.15, 0.2) is 12.1 Å². The second-order valence-corrected chi connectivity index (χ2v) is 10.6. The first-order valence-corrected chi connectivity index (χ1v) is 11.4. The molecule has 2 aliphatic carbocycles. The summed E-state index contributed by atoms with van der Waals surface area (Å²) < 4.78 is 17.6. The van der Waals surface area contributed by atoms with Gasteiger partial charge in [-0.2, -0.15) is 0 Å². The van der Waals surface area contributed by atoms with Gasteiger partial charge in [-0.25, -0.2) is 0 Å². The van der Waals surface area contributed by atoms with Crippen LogP contribution in [-0.4, -0.2) is 32.8 Å². The monoisotopic (exact) mass is 435 g/mol. The number of halogens is 1. The van der Waals surface area contributed by atoms with Gasteiger partial charge in [-0.05, 0) is 48.0 Å². The topological polar surface area (TPSA) is 56.8 Å². The molecule has 1 amide bonds. The lowest BCUT2D eigenvalue weighted by atomic mass is 9.58. The molecule has 4 rings (SSSR count). The van der Waals surface area contributed by atoms with Crippen LogP contribution >= 0.6 is 11.6 Å². The predicted molar refractivity (Wildman–Crippen MR) is 117 cm³/mol. The maximum Gasteiger partial charge on any atom is 0.222 e. The maximum absolute atomic E-state index is 12.7. The lowest BCUT2D eigenvalue weighted by Crippen LogP contribution is -2.59. The van der Waals surface area contributed by atoms with E-state index in [-0.39, 0.29) is 34.8 Å². The Bertz CT molecular complexity index is 839. The summed E-state index contributed by atoms with van der Waals surface area (Å²) >= 11 is 6.43. The Morgan fingerprint density at radius 3 is 2.63 bits per heavy atom. The molecule has 30 heavy (non-hydrogen) atoms. The number of methoxy groups -OCH3 is 2. The van der Waals surface area contributed by atoms with E-state index in [4.69, 9.17) is 25.8 Å². The summed E-state index contributed by atoms with van der Waals surface area (Å²) in [5, 5.41) is 4.06. The van der Waals surface area contributed by atoms with E-state index in [1.807, 2.05) is 19.9 Å². The molecule has 3 aliphatic rings. The Kier molecular flexibility index (Phi) is 5.51. The second kappa shape index (κ2) is 7.59. The third-order valence-corrected chi connectivity index (χ3v) is 8.31. The van der Waals surface area contributed by atoms with Crippen molar-refractivity contribution in [2.45, 2.75) is 59.1 Å². The highest BCUT2D eigenvalue weighted by Gasteiger charge is 2.68. The summed E-state index contributed by atoms with van der Waals surface area (Å²) in [6, 6.07) is 3.87. The average molecular weight is 436 g/mol. The molecular weight excluding hydrogens is 402 g/mol. The number of ether oxygens (including phenoxy) is 3. The van der Waals surface area contributed by atoms with Crippen LogP contribution in [0.4, 0.5) is 0 Å². The lowest BCUT2D eigenvalue weighted by molar-refractivity contribution is -0.139. The van der Waals surface area contributed by atoms with E-state index in [1.54, 1.807) is 20.3 Å². The van der Waals surface area contributed by atoms with Gasteiger partial charge in [-0.3, -0.25) is 4.79 Å². The van der Waals surface area contributed by atoms with E-state index in [9.17, 15) is 4.79 Å². The third-order valence-electron chi connectivity index (χ3n) is 8.09. The Morgan fingerprint density at radius 2 is 2.00 bits per heavy atom. The summed E-state index contributed by atoms with van der Waals surface area (Å²) in [7, 11) is 3.28. The first-order chi connectivity index (χ1) is 14.2. The Labute approximate surface area is 184 Å². The normalized spacial score (nSPS) is 34.0. The largest absolute Gasteiger partial charge is 0.493 e. The minimum atomic E-state index is -0.124. The van der Waals surface area contributed by atoms with E-state index in [1.165, 1.54) is 0 Å². The van der Waals surface area contributed by atoms with Crippen molar-refractivity contribution < 1.29 is 19.0 Å². The molecule has 2 saturated carbocycles. The van der Waals surface area contributed by atoms with Gasteiger partial charge < -0.3 is 19.5 Å². The van der Waals surface area contributed by atoms with Crippen molar-refractivity contribution in [3.8, 4) is 11.5 Å². The number of hydrogen-bond donors (Lipinski definition) is 1. The van der Waals surface area contributed by atoms with Gasteiger partial charge in [0.15, 0.2) is 11.5 Å². The van der Waals surface area contributed by atoms with Gasteiger partial charge in [0.05, 0.1) is 20.3 Å². The van der Waals surface area contributed by atoms with Gasteiger partial charge in [0.1, 0.15) is 0 Å². The molecule has 166 valence electrons. The number of benzene rings is 1. The van der Waals surface area contributed by atoms with Crippen molar-refractivity contribution in [1.29, 1.82) is 0 Å². The lowest BCUT2D eigenvalue weighted by Gasteiger charge is -2.53. The standard InChI is InChI=1S/C24H34ClNO4/c1-13(2)21(27)26-22-23(3,4)14-9-17-19(30-8-7-24(17,22)12-14)16-10-15(25)11-18(28-5)20(16)29-6/h10-11,13-14,17,19,22H,7-9,12H2,1-6H3,(H,26,27)/t14-,17-,19-,22-,24?/m1/s1. The van der Waals surface area contributed by atoms with E-state index in [0.717, 1.165) is 24.8 Å². The van der Waals surface area contributed by atoms with Gasteiger partial charge in [0.25, 0.3) is 0 Å². The van der Waals surface area contributed by atoms with Gasteiger partial charge in [-0.1, -0.05) is 39.3 Å². The van der Waals surface area contributed by atoms with Crippen LogP contribution in [0.25, 0.3) is 0 Å². The molecule has 1 spiro atoms. The molecule has 0 radical (unpaired) electrons. The third kappa shape index (κ3) is 3.12. The van der Waals surface area contributed by atoms with Crippen molar-refractivity contribution >= 4 is 17.5 Å². The zero-order chi connectivity index (χ0) is 21.8. The molecule has 1 aromatic rings. The summed E-state index contributed by atoms with van der Waals surface area (Å²) in [5.41, 5.74) is 1.05. The molecule has 0 aromatic heterocycles. The first-order valence-electron chi connectivity index (χ1n) is 11.0. The van der Waals surface area contributed by atoms with E-state index >= 15 is 0 Å². The minimum absolute atomic E-state index is 0.0253. The van der Waals surface area contributed by atoms with Gasteiger partial charge in [0.2, 0.25) is 5.91 Å². The maximum atomic E-state index is 12.7. The molecule has 1 aromatic carbocycles. The number of rotatable bonds is 5. The highest BCUT2D eigenvalue weighted by Crippen LogP contribution is 2.71. The Hall–Kier alpha value is -1.46. The summed E-state index contributed by atoms with van der Waals surface area (Å²) in [4.78, 5) is 12.7. The molecule has 1 aliphatic heterocycles. The molecular formula is C24H34ClNO4. The first kappa shape index (κ1) is 21.8. The van der Waals surface area contributed by atoms with Crippen molar-refractivity contribution in [3.05, 3.63) is 22.7 Å². The second-order valence-electron chi connectivity index (χ2n) is 10.2. The summed E-state index contributed by atoms with van der Waals surface area (Å²) in [5.74, 6) is 2.28. The number of hydrogen-bond acceptors (Lipinski definition) is 4. The molecule has 1 N–H and O–H groups in total. The fourth-order valence-electron chi connectivity index (χ4n) is 6.57. The fourth-order valence-corrected chi connectivity index (χ4v) is 6.79. The SMILES string of the molecule is COc1cc(Cl)cc([C@H]2OCCC34C[C@@H](C[C@H]23)C(C)(C)[C@H]4NC(=O)C(C)C)c1OC. The number of fused-ring (bicyclic) bond motifs is 1. The number of nitrogens with one attached hydrogen (secondary N) is 1. The fraction of sp³-hybridized carbons (Fsp3) is 0.708. The molecule has 1 heterocycles. The van der Waals surface area contributed by atoms with Gasteiger partial charge in [-0.15, -0.1) is 0 Å². The summed E-state index contributed by atoms with van der Waals surface area (Å²) in [6.45, 7) is 9.22. The van der Waals surface area contributed by atoms with Crippen LogP contribution in [0.2, 0.25) is 5.02 Å². The van der Waals surface area contributed by atoms with Gasteiger partial charge >= 0.3 is 0 Å². The number of amides is 1. The van der Waals surface area contributed by atoms with Crippen LogP contribution in [0, 0.1) is 28.6 Å². The Morgan fingerprint density at radius 1 is 1.27 bits per heavy atom. The van der Waals surface area contributed by atoms with Crippen molar-refractivity contribution in [2.75, 3.05) is 20.8 Å². The molecule has 1 saturated heterocycles. The summed E-state index contributed by atoms with van der Waals surface area (Å²) in [6.07, 6.45) is 3.06. The smallest absolute Gasteiger partial charge is 0.222 e. The molecule has 6 heteroatoms. The highest BCUT2D eigenvalue weighted by atomic mass is 35.5. The van der Waals surface area contributed by atoms with Crippen molar-refractivity contribution in [3.63, 3.8) is 0 Å². The molecule has 5 atom stereocenters. The van der Waals surface area contributed by atoms with Crippen molar-refractivity contribution in [1.82, 2.24) is 5.32 Å². The van der Waals surface area contributed by atoms with Crippen molar-refractivity contribution in [2.24, 2.45) is 28.6 Å². The van der Waals surface area contributed by atoms with E-state index < -0.39 is 0 Å². The average Bonchev–Trinajstić information content (AvgIpc) is 3.19. The van der Waals surface area contributed by atoms with Crippen LogP contribution in [0.3, 0.4) is 0 Å². The van der Waals surface area contributed by atoms with Crippen LogP contribution in [0.1, 0.15) is 58.6 Å². The van der Waals surface area contributed by atoms with Crippen LogP contribution in [-0.2, 0) is 9.53 Å². The predicted octanol–water partition coefficient (Wildman–Crippen LogP) is 5.01.